The van der Waals surface area contributed by atoms with Gasteiger partial charge in [0.2, 0.25) is 0 Å². The van der Waals surface area contributed by atoms with Gasteiger partial charge in [0.05, 0.1) is 5.22 Å². The van der Waals surface area contributed by atoms with Gasteiger partial charge in [-0.25, -0.2) is 0 Å². The second kappa shape index (κ2) is 7.71. The largest absolute Gasteiger partial charge is 0.573 e. The van der Waals surface area contributed by atoms with Crippen molar-refractivity contribution in [3.05, 3.63) is 75.4 Å². The summed E-state index contributed by atoms with van der Waals surface area (Å²) >= 11 is 1.53. The minimum Gasteiger partial charge on any atom is -0.406 e. The van der Waals surface area contributed by atoms with Crippen LogP contribution < -0.4 is 30.6 Å². The maximum atomic E-state index is 12.3. The highest BCUT2D eigenvalue weighted by molar-refractivity contribution is 7.07. The smallest absolute Gasteiger partial charge is 0.406 e. The van der Waals surface area contributed by atoms with E-state index in [1.165, 1.54) is 23.5 Å². The number of hydrogen-bond acceptors (Lipinski definition) is 6. The van der Waals surface area contributed by atoms with Gasteiger partial charge in [-0.3, -0.25) is 9.79 Å². The number of nitrogens with two attached hydrogens (primary N) is 1. The van der Waals surface area contributed by atoms with Crippen LogP contribution >= 0.6 is 11.3 Å². The zero-order chi connectivity index (χ0) is 21.3. The number of fused-ring (bicyclic) bond motifs is 1. The number of rotatable bonds is 4. The van der Waals surface area contributed by atoms with Crippen LogP contribution in [0.4, 0.5) is 24.5 Å². The first-order valence-electron chi connectivity index (χ1n) is 8.73. The summed E-state index contributed by atoms with van der Waals surface area (Å²) in [5.41, 5.74) is 7.80. The molecule has 0 aliphatic carbocycles. The molecular weight excluding hydrogens is 417 g/mol. The Morgan fingerprint density at radius 2 is 1.80 bits per heavy atom. The fraction of sp³-hybridized carbons (Fsp3) is 0.100. The number of benzene rings is 2. The quantitative estimate of drug-likeness (QED) is 0.664. The summed E-state index contributed by atoms with van der Waals surface area (Å²) < 4.78 is 41.3. The molecule has 1 amide bonds. The number of carbonyl (C=O) groups is 1. The Hall–Kier alpha value is -3.53. The van der Waals surface area contributed by atoms with E-state index in [2.05, 4.69) is 15.0 Å². The molecule has 6 nitrogen and oxygen atoms in total. The number of nitrogens with one attached hydrogen (secondary N) is 1. The zero-order valence-corrected chi connectivity index (χ0v) is 16.1. The summed E-state index contributed by atoms with van der Waals surface area (Å²) in [5, 5.41) is 5.52. The van der Waals surface area contributed by atoms with E-state index >= 15 is 0 Å². The van der Waals surface area contributed by atoms with E-state index in [1.54, 1.807) is 24.3 Å². The lowest BCUT2D eigenvalue weighted by atomic mass is 10.2. The molecule has 0 unspecified atom stereocenters. The predicted molar refractivity (Wildman–Crippen MR) is 108 cm³/mol. The zero-order valence-electron chi connectivity index (χ0n) is 15.3. The van der Waals surface area contributed by atoms with Crippen molar-refractivity contribution in [3.8, 4) is 5.75 Å². The Kier molecular flexibility index (Phi) is 5.08. The van der Waals surface area contributed by atoms with E-state index in [1.807, 2.05) is 16.3 Å². The molecule has 1 aliphatic heterocycles. The fourth-order valence-corrected chi connectivity index (χ4v) is 3.70. The number of ether oxygens (including phenoxy) is 1. The van der Waals surface area contributed by atoms with Gasteiger partial charge >= 0.3 is 6.36 Å². The van der Waals surface area contributed by atoms with E-state index in [0.717, 1.165) is 27.7 Å². The third-order valence-electron chi connectivity index (χ3n) is 4.35. The number of hydrogen-bond donors (Lipinski definition) is 2. The maximum Gasteiger partial charge on any atom is 0.573 e. The van der Waals surface area contributed by atoms with Gasteiger partial charge in [-0.15, -0.1) is 24.5 Å². The summed E-state index contributed by atoms with van der Waals surface area (Å²) in [5.74, 6) is -0.236. The minimum absolute atomic E-state index is 0.200. The highest BCUT2D eigenvalue weighted by atomic mass is 32.1. The molecule has 0 radical (unpaired) electrons. The third kappa shape index (κ3) is 4.23. The molecule has 30 heavy (non-hydrogen) atoms. The molecule has 0 atom stereocenters. The van der Waals surface area contributed by atoms with Gasteiger partial charge < -0.3 is 20.7 Å². The molecule has 0 spiro atoms. The second-order valence-corrected chi connectivity index (χ2v) is 7.22. The van der Waals surface area contributed by atoms with Crippen molar-refractivity contribution in [2.24, 2.45) is 10.7 Å². The second-order valence-electron chi connectivity index (χ2n) is 6.33. The van der Waals surface area contributed by atoms with Gasteiger partial charge in [0.1, 0.15) is 22.9 Å². The van der Waals surface area contributed by atoms with Crippen LogP contribution in [0.25, 0.3) is 5.82 Å². The topological polar surface area (TPSA) is 80.0 Å². The van der Waals surface area contributed by atoms with Crippen molar-refractivity contribution >= 4 is 34.4 Å². The van der Waals surface area contributed by atoms with Crippen LogP contribution in [0.15, 0.2) is 65.0 Å². The van der Waals surface area contributed by atoms with Crippen LogP contribution in [0.5, 0.6) is 5.75 Å². The number of nitrogens with zero attached hydrogens (tertiary/aromatic N) is 2. The maximum absolute atomic E-state index is 12.3. The average Bonchev–Trinajstić information content (AvgIpc) is 3.18. The van der Waals surface area contributed by atoms with Crippen molar-refractivity contribution in [1.29, 1.82) is 0 Å². The molecule has 2 heterocycles. The molecule has 154 valence electrons. The molecule has 0 fully saturated rings. The van der Waals surface area contributed by atoms with E-state index in [0.29, 0.717) is 18.2 Å². The van der Waals surface area contributed by atoms with Crippen LogP contribution in [0.2, 0.25) is 0 Å². The minimum atomic E-state index is -4.78. The summed E-state index contributed by atoms with van der Waals surface area (Å²) in [6.07, 6.45) is -4.78. The van der Waals surface area contributed by atoms with Crippen molar-refractivity contribution < 1.29 is 22.7 Å². The van der Waals surface area contributed by atoms with Crippen molar-refractivity contribution in [3.63, 3.8) is 0 Å². The summed E-state index contributed by atoms with van der Waals surface area (Å²) in [6, 6.07) is 13.6. The molecule has 1 aromatic heterocycles. The lowest BCUT2D eigenvalue weighted by molar-refractivity contribution is -0.274. The van der Waals surface area contributed by atoms with Gasteiger partial charge in [-0.1, -0.05) is 0 Å². The monoisotopic (exact) mass is 432 g/mol. The fourth-order valence-electron chi connectivity index (χ4n) is 2.93. The van der Waals surface area contributed by atoms with E-state index in [-0.39, 0.29) is 5.56 Å². The molecule has 3 aromatic rings. The molecule has 0 saturated heterocycles. The van der Waals surface area contributed by atoms with Gasteiger partial charge in [0, 0.05) is 16.9 Å². The molecule has 3 N–H and O–H groups in total. The molecule has 2 aromatic carbocycles. The standard InChI is InChI=1S/C20H15F3N4O2S/c21-20(22,23)29-15-7-1-12(2-8-15)18(28)26-13-3-5-14(6-4-13)27-11-25-19-16(17(27)24)9-10-30-19/h1-10H,11,24H2,(H,26,28). The van der Waals surface area contributed by atoms with Crippen LogP contribution in [0, 0.1) is 0 Å². The Balaban J connectivity index is 1.44. The SMILES string of the molecule is NC1=c2ccsc2=NCN1c1ccc(NC(=O)c2ccc(OC(F)(F)F)cc2)cc1. The first-order chi connectivity index (χ1) is 14.3. The summed E-state index contributed by atoms with van der Waals surface area (Å²) in [4.78, 5) is 18.7. The van der Waals surface area contributed by atoms with Crippen molar-refractivity contribution in [2.45, 2.75) is 6.36 Å². The number of halogens is 3. The number of anilines is 2. The highest BCUT2D eigenvalue weighted by Gasteiger charge is 2.31. The van der Waals surface area contributed by atoms with Gasteiger partial charge in [-0.2, -0.15) is 0 Å². The Labute approximate surface area is 172 Å². The normalized spacial score (nSPS) is 13.4. The predicted octanol–water partition coefficient (Wildman–Crippen LogP) is 3.02. The molecule has 4 rings (SSSR count). The van der Waals surface area contributed by atoms with Crippen LogP contribution in [0.1, 0.15) is 10.4 Å². The van der Waals surface area contributed by atoms with Crippen LogP contribution in [-0.4, -0.2) is 18.9 Å². The molecule has 1 aliphatic rings. The van der Waals surface area contributed by atoms with E-state index in [9.17, 15) is 18.0 Å². The third-order valence-corrected chi connectivity index (χ3v) is 5.20. The van der Waals surface area contributed by atoms with Gasteiger partial charge in [0.25, 0.3) is 5.91 Å². The van der Waals surface area contributed by atoms with E-state index in [4.69, 9.17) is 5.73 Å². The number of carbonyl (C=O) groups excluding carboxylic acids is 1. The lowest BCUT2D eigenvalue weighted by Gasteiger charge is -2.24. The average molecular weight is 432 g/mol. The number of thiophene rings is 1. The van der Waals surface area contributed by atoms with Gasteiger partial charge in [-0.05, 0) is 60.0 Å². The first-order valence-corrected chi connectivity index (χ1v) is 9.61. The molecule has 0 bridgehead atoms. The summed E-state index contributed by atoms with van der Waals surface area (Å²) in [6.45, 7) is 0.400. The van der Waals surface area contributed by atoms with Gasteiger partial charge in [0.15, 0.2) is 0 Å². The molecular formula is C20H15F3N4O2S. The summed E-state index contributed by atoms with van der Waals surface area (Å²) in [7, 11) is 0. The molecule has 0 saturated carbocycles. The highest BCUT2D eigenvalue weighted by Crippen LogP contribution is 2.24. The van der Waals surface area contributed by atoms with Crippen molar-refractivity contribution in [1.82, 2.24) is 0 Å². The first kappa shape index (κ1) is 19.8. The Bertz CT molecular complexity index is 1190. The Morgan fingerprint density at radius 1 is 1.10 bits per heavy atom. The molecule has 10 heteroatoms. The lowest BCUT2D eigenvalue weighted by Crippen LogP contribution is -2.41. The van der Waals surface area contributed by atoms with Crippen molar-refractivity contribution in [2.75, 3.05) is 16.9 Å². The Morgan fingerprint density at radius 3 is 2.47 bits per heavy atom. The van der Waals surface area contributed by atoms with Crippen LogP contribution in [-0.2, 0) is 0 Å². The number of amides is 1. The van der Waals surface area contributed by atoms with Crippen LogP contribution in [0.3, 0.4) is 0 Å². The van der Waals surface area contributed by atoms with E-state index < -0.39 is 18.0 Å². The number of alkyl halides is 3.